The van der Waals surface area contributed by atoms with E-state index in [2.05, 4.69) is 39.4 Å². The minimum absolute atomic E-state index is 0.00708. The SMILES string of the molecule is NC(=O)C1[C@@H]2CN(C(=O)c3n[nH]c4c3CCCC4)CC2CN1CCCc1ccccc1. The fourth-order valence-corrected chi connectivity index (χ4v) is 5.86. The van der Waals surface area contributed by atoms with Crippen molar-refractivity contribution < 1.29 is 9.59 Å². The van der Waals surface area contributed by atoms with Gasteiger partial charge in [-0.05, 0) is 56.6 Å². The molecule has 2 saturated heterocycles. The normalized spacial score (nSPS) is 25.4. The maximum absolute atomic E-state index is 13.2. The number of nitrogens with one attached hydrogen (secondary N) is 1. The second kappa shape index (κ2) is 8.46. The zero-order valence-electron chi connectivity index (χ0n) is 17.9. The summed E-state index contributed by atoms with van der Waals surface area (Å²) in [6, 6.07) is 10.1. The summed E-state index contributed by atoms with van der Waals surface area (Å²) in [4.78, 5) is 29.7. The number of carbonyl (C=O) groups is 2. The molecule has 1 aromatic heterocycles. The number of primary amides is 1. The van der Waals surface area contributed by atoms with Crippen LogP contribution in [0.1, 0.15) is 46.6 Å². The molecule has 2 aromatic rings. The van der Waals surface area contributed by atoms with E-state index in [1.54, 1.807) is 0 Å². The summed E-state index contributed by atoms with van der Waals surface area (Å²) in [6.07, 6.45) is 6.15. The predicted molar refractivity (Wildman–Crippen MR) is 117 cm³/mol. The number of benzene rings is 1. The average Bonchev–Trinajstić information content (AvgIpc) is 3.46. The van der Waals surface area contributed by atoms with Crippen LogP contribution in [0, 0.1) is 11.8 Å². The Balaban J connectivity index is 1.23. The van der Waals surface area contributed by atoms with E-state index in [1.807, 2.05) is 11.0 Å². The number of hydrogen-bond acceptors (Lipinski definition) is 4. The van der Waals surface area contributed by atoms with Crippen molar-refractivity contribution in [3.05, 3.63) is 52.8 Å². The van der Waals surface area contributed by atoms with Crippen molar-refractivity contribution in [3.8, 4) is 0 Å². The van der Waals surface area contributed by atoms with Crippen molar-refractivity contribution in [2.45, 2.75) is 44.6 Å². The number of carbonyl (C=O) groups excluding carboxylic acids is 2. The van der Waals surface area contributed by atoms with Crippen LogP contribution in [0.25, 0.3) is 0 Å². The molecule has 1 aromatic carbocycles. The zero-order chi connectivity index (χ0) is 21.4. The number of H-pyrrole nitrogens is 1. The third-order valence-corrected chi connectivity index (χ3v) is 7.35. The number of rotatable bonds is 6. The second-order valence-electron chi connectivity index (χ2n) is 9.30. The van der Waals surface area contributed by atoms with Gasteiger partial charge in [0.05, 0.1) is 6.04 Å². The van der Waals surface area contributed by atoms with Crippen molar-refractivity contribution in [2.75, 3.05) is 26.2 Å². The topological polar surface area (TPSA) is 95.3 Å². The highest BCUT2D eigenvalue weighted by Gasteiger charge is 2.50. The van der Waals surface area contributed by atoms with E-state index < -0.39 is 0 Å². The molecule has 0 saturated carbocycles. The lowest BCUT2D eigenvalue weighted by Crippen LogP contribution is -2.46. The standard InChI is InChI=1S/C24H31N5O2/c25-23(30)22-19-15-29(24(31)21-18-10-4-5-11-20(18)26-27-21)14-17(19)13-28(22)12-6-9-16-7-2-1-3-8-16/h1-3,7-8,17,19,22H,4-6,9-15H2,(H2,25,30)(H,26,27)/t17?,19-,22?/m1/s1. The zero-order valence-corrected chi connectivity index (χ0v) is 17.9. The lowest BCUT2D eigenvalue weighted by atomic mass is 9.94. The minimum atomic E-state index is -0.285. The van der Waals surface area contributed by atoms with Gasteiger partial charge in [0.1, 0.15) is 0 Å². The van der Waals surface area contributed by atoms with Gasteiger partial charge < -0.3 is 10.6 Å². The highest BCUT2D eigenvalue weighted by atomic mass is 16.2. The molecule has 3 heterocycles. The Kier molecular flexibility index (Phi) is 5.52. The van der Waals surface area contributed by atoms with Gasteiger partial charge in [-0.1, -0.05) is 30.3 Å². The Bertz CT molecular complexity index is 956. The molecule has 1 aliphatic carbocycles. The molecule has 2 fully saturated rings. The van der Waals surface area contributed by atoms with E-state index in [1.165, 1.54) is 5.56 Å². The van der Waals surface area contributed by atoms with E-state index in [9.17, 15) is 9.59 Å². The largest absolute Gasteiger partial charge is 0.368 e. The summed E-state index contributed by atoms with van der Waals surface area (Å²) in [6.45, 7) is 2.96. The first kappa shape index (κ1) is 20.2. The van der Waals surface area contributed by atoms with E-state index >= 15 is 0 Å². The van der Waals surface area contributed by atoms with Gasteiger partial charge in [0, 0.05) is 36.8 Å². The summed E-state index contributed by atoms with van der Waals surface area (Å²) in [5.41, 5.74) is 9.96. The first-order valence-electron chi connectivity index (χ1n) is 11.5. The van der Waals surface area contributed by atoms with Crippen LogP contribution >= 0.6 is 0 Å². The van der Waals surface area contributed by atoms with E-state index in [-0.39, 0.29) is 23.8 Å². The fraction of sp³-hybridized carbons (Fsp3) is 0.542. The van der Waals surface area contributed by atoms with Gasteiger partial charge in [-0.25, -0.2) is 0 Å². The molecule has 0 bridgehead atoms. The number of aromatic amines is 1. The number of fused-ring (bicyclic) bond motifs is 2. The number of amides is 2. The second-order valence-corrected chi connectivity index (χ2v) is 9.30. The molecule has 0 spiro atoms. The van der Waals surface area contributed by atoms with Crippen LogP contribution < -0.4 is 5.73 Å². The molecule has 2 unspecified atom stereocenters. The molecule has 2 aliphatic heterocycles. The van der Waals surface area contributed by atoms with Gasteiger partial charge in [-0.3, -0.25) is 19.6 Å². The van der Waals surface area contributed by atoms with Crippen molar-refractivity contribution in [1.29, 1.82) is 0 Å². The Morgan fingerprint density at radius 3 is 2.71 bits per heavy atom. The number of hydrogen-bond donors (Lipinski definition) is 2. The van der Waals surface area contributed by atoms with Gasteiger partial charge in [0.2, 0.25) is 5.91 Å². The molecule has 2 amide bonds. The van der Waals surface area contributed by atoms with Crippen LogP contribution in [-0.2, 0) is 24.1 Å². The third kappa shape index (κ3) is 3.87. The van der Waals surface area contributed by atoms with Crippen LogP contribution in [0.2, 0.25) is 0 Å². The molecule has 5 rings (SSSR count). The Labute approximate surface area is 183 Å². The molecule has 7 nitrogen and oxygen atoms in total. The summed E-state index contributed by atoms with van der Waals surface area (Å²) in [7, 11) is 0. The molecule has 7 heteroatoms. The number of likely N-dealkylation sites (tertiary alicyclic amines) is 2. The average molecular weight is 422 g/mol. The lowest BCUT2D eigenvalue weighted by molar-refractivity contribution is -0.123. The Morgan fingerprint density at radius 2 is 1.90 bits per heavy atom. The number of nitrogens with zero attached hydrogens (tertiary/aromatic N) is 3. The van der Waals surface area contributed by atoms with E-state index in [0.29, 0.717) is 24.7 Å². The summed E-state index contributed by atoms with van der Waals surface area (Å²) < 4.78 is 0. The molecular formula is C24H31N5O2. The van der Waals surface area contributed by atoms with Crippen molar-refractivity contribution in [3.63, 3.8) is 0 Å². The van der Waals surface area contributed by atoms with Crippen LogP contribution in [0.4, 0.5) is 0 Å². The molecule has 3 atom stereocenters. The van der Waals surface area contributed by atoms with Crippen LogP contribution in [0.15, 0.2) is 30.3 Å². The molecular weight excluding hydrogens is 390 g/mol. The fourth-order valence-electron chi connectivity index (χ4n) is 5.86. The third-order valence-electron chi connectivity index (χ3n) is 7.35. The van der Waals surface area contributed by atoms with Crippen LogP contribution in [0.5, 0.6) is 0 Å². The molecule has 3 N–H and O–H groups in total. The molecule has 0 radical (unpaired) electrons. The predicted octanol–water partition coefficient (Wildman–Crippen LogP) is 1.78. The van der Waals surface area contributed by atoms with Crippen LogP contribution in [-0.4, -0.2) is 64.0 Å². The number of nitrogens with two attached hydrogens (primary N) is 1. The summed E-state index contributed by atoms with van der Waals surface area (Å²) in [5.74, 6) is 0.159. The number of aryl methyl sites for hydroxylation is 2. The van der Waals surface area contributed by atoms with Gasteiger partial charge >= 0.3 is 0 Å². The lowest BCUT2D eigenvalue weighted by Gasteiger charge is -2.27. The first-order valence-corrected chi connectivity index (χ1v) is 11.5. The van der Waals surface area contributed by atoms with Crippen LogP contribution in [0.3, 0.4) is 0 Å². The van der Waals surface area contributed by atoms with Crippen molar-refractivity contribution >= 4 is 11.8 Å². The summed E-state index contributed by atoms with van der Waals surface area (Å²) in [5, 5.41) is 7.43. The Morgan fingerprint density at radius 1 is 1.10 bits per heavy atom. The Hall–Kier alpha value is -2.67. The van der Waals surface area contributed by atoms with Gasteiger partial charge in [0.25, 0.3) is 5.91 Å². The summed E-state index contributed by atoms with van der Waals surface area (Å²) >= 11 is 0. The first-order chi connectivity index (χ1) is 15.1. The maximum atomic E-state index is 13.2. The minimum Gasteiger partial charge on any atom is -0.368 e. The quantitative estimate of drug-likeness (QED) is 0.743. The van der Waals surface area contributed by atoms with E-state index in [0.717, 1.165) is 62.9 Å². The van der Waals surface area contributed by atoms with Crippen molar-refractivity contribution in [2.24, 2.45) is 17.6 Å². The monoisotopic (exact) mass is 421 g/mol. The maximum Gasteiger partial charge on any atom is 0.274 e. The van der Waals surface area contributed by atoms with E-state index in [4.69, 9.17) is 5.73 Å². The number of aromatic nitrogens is 2. The molecule has 3 aliphatic rings. The highest BCUT2D eigenvalue weighted by molar-refractivity contribution is 5.94. The van der Waals surface area contributed by atoms with Gasteiger partial charge in [-0.15, -0.1) is 0 Å². The molecule has 164 valence electrons. The van der Waals surface area contributed by atoms with Gasteiger partial charge in [-0.2, -0.15) is 5.10 Å². The van der Waals surface area contributed by atoms with Gasteiger partial charge in [0.15, 0.2) is 5.69 Å². The highest BCUT2D eigenvalue weighted by Crippen LogP contribution is 2.37. The smallest absolute Gasteiger partial charge is 0.274 e. The molecule has 31 heavy (non-hydrogen) atoms. The van der Waals surface area contributed by atoms with Crippen molar-refractivity contribution in [1.82, 2.24) is 20.0 Å².